The number of hydrogen-bond acceptors (Lipinski definition) is 4. The summed E-state index contributed by atoms with van der Waals surface area (Å²) in [5.74, 6) is 0. The lowest BCUT2D eigenvalue weighted by Crippen LogP contribution is -2.51. The topological polar surface area (TPSA) is 24.1 Å². The number of hydrogen-bond donors (Lipinski definition) is 2. The van der Waals surface area contributed by atoms with Crippen molar-refractivity contribution in [2.24, 2.45) is 0 Å². The first-order valence-electron chi connectivity index (χ1n) is 12.3. The van der Waals surface area contributed by atoms with Gasteiger partial charge in [0.1, 0.15) is 0 Å². The number of rotatable bonds is 2. The summed E-state index contributed by atoms with van der Waals surface area (Å²) in [5.41, 5.74) is 10.5. The van der Waals surface area contributed by atoms with Gasteiger partial charge in [-0.25, -0.2) is 0 Å². The van der Waals surface area contributed by atoms with E-state index in [0.717, 1.165) is 0 Å². The molecule has 4 heterocycles. The largest absolute Gasteiger partial charge is 0.420 e. The Bertz CT molecular complexity index is 1630. The van der Waals surface area contributed by atoms with Crippen LogP contribution in [0.1, 0.15) is 0 Å². The maximum Gasteiger partial charge on any atom is 0.323 e. The van der Waals surface area contributed by atoms with E-state index in [9.17, 15) is 0 Å². The average molecular weight is 494 g/mol. The Kier molecular flexibility index (Phi) is 4.48. The summed E-state index contributed by atoms with van der Waals surface area (Å²) in [7, 11) is 0. The van der Waals surface area contributed by atoms with Crippen LogP contribution in [0.15, 0.2) is 109 Å². The first-order valence-corrected chi connectivity index (χ1v) is 13.9. The van der Waals surface area contributed by atoms with Gasteiger partial charge in [0.05, 0.1) is 0 Å². The second kappa shape index (κ2) is 7.89. The molecule has 0 spiro atoms. The van der Waals surface area contributed by atoms with Crippen LogP contribution in [0.25, 0.3) is 30.3 Å². The third-order valence-electron chi connectivity index (χ3n) is 7.38. The quantitative estimate of drug-likeness (QED) is 0.317. The highest BCUT2D eigenvalue weighted by Gasteiger charge is 2.39. The molecule has 4 aromatic carbocycles. The van der Waals surface area contributed by atoms with E-state index in [2.05, 4.69) is 120 Å². The monoisotopic (exact) mass is 494 g/mol. The minimum Gasteiger partial charge on any atom is -0.420 e. The third kappa shape index (κ3) is 2.92. The van der Waals surface area contributed by atoms with Gasteiger partial charge in [-0.3, -0.25) is 0 Å². The number of para-hydroxylation sites is 2. The Hall–Kier alpha value is -3.73. The highest BCUT2D eigenvalue weighted by molar-refractivity contribution is 7.37. The molecule has 36 heavy (non-hydrogen) atoms. The molecule has 2 aromatic heterocycles. The van der Waals surface area contributed by atoms with Gasteiger partial charge in [-0.05, 0) is 23.1 Å². The maximum atomic E-state index is 3.89. The van der Waals surface area contributed by atoms with Crippen molar-refractivity contribution in [1.82, 2.24) is 0 Å². The zero-order valence-corrected chi connectivity index (χ0v) is 21.0. The van der Waals surface area contributed by atoms with E-state index in [0.29, 0.717) is 0 Å². The van der Waals surface area contributed by atoms with Gasteiger partial charge in [-0.1, -0.05) is 108 Å². The zero-order valence-electron chi connectivity index (χ0n) is 19.4. The molecule has 2 aliphatic heterocycles. The van der Waals surface area contributed by atoms with Crippen molar-refractivity contribution in [2.75, 3.05) is 10.5 Å². The van der Waals surface area contributed by atoms with E-state index in [-0.39, 0.29) is 13.7 Å². The molecule has 0 fully saturated rings. The van der Waals surface area contributed by atoms with Gasteiger partial charge >= 0.3 is 13.7 Å². The van der Waals surface area contributed by atoms with Gasteiger partial charge in [-0.15, -0.1) is 22.7 Å². The summed E-state index contributed by atoms with van der Waals surface area (Å²) in [6.45, 7) is 0.256. The molecule has 0 bridgehead atoms. The molecule has 2 N–H and O–H groups in total. The van der Waals surface area contributed by atoms with Crippen LogP contribution in [-0.4, -0.2) is 13.7 Å². The van der Waals surface area contributed by atoms with Gasteiger partial charge in [0.25, 0.3) is 0 Å². The van der Waals surface area contributed by atoms with Crippen LogP contribution in [-0.2, 0) is 0 Å². The smallest absolute Gasteiger partial charge is 0.323 e. The molecule has 6 heteroatoms. The molecule has 0 unspecified atom stereocenters. The van der Waals surface area contributed by atoms with Crippen LogP contribution in [0.2, 0.25) is 0 Å². The average Bonchev–Trinajstić information content (AvgIpc) is 3.50. The standard InChI is InChI=1S/C30H20B2N2S2/c1-3-11-19(12-4-1)31-25-27(21-15-7-9-17-23(21)33-31)35-30-26-28(36-29(25)30)22-16-8-10-18-24(22)34-32(26)20-13-5-2-6-14-20/h1-18,33-34H. The van der Waals surface area contributed by atoms with Gasteiger partial charge in [0.2, 0.25) is 0 Å². The Labute approximate surface area is 218 Å². The van der Waals surface area contributed by atoms with E-state index in [1.807, 2.05) is 22.7 Å². The third-order valence-corrected chi connectivity index (χ3v) is 10.1. The molecule has 6 aromatic rings. The Morgan fingerprint density at radius 3 is 1.28 bits per heavy atom. The summed E-state index contributed by atoms with van der Waals surface area (Å²) >= 11 is 3.93. The van der Waals surface area contributed by atoms with E-state index < -0.39 is 0 Å². The molecule has 0 amide bonds. The molecule has 0 aliphatic carbocycles. The van der Waals surface area contributed by atoms with Crippen LogP contribution in [0, 0.1) is 0 Å². The van der Waals surface area contributed by atoms with Crippen molar-refractivity contribution in [1.29, 1.82) is 0 Å². The maximum absolute atomic E-state index is 3.89. The van der Waals surface area contributed by atoms with E-state index >= 15 is 0 Å². The lowest BCUT2D eigenvalue weighted by molar-refractivity contribution is 1.63. The van der Waals surface area contributed by atoms with Crippen molar-refractivity contribution >= 4 is 79.0 Å². The number of nitrogens with one attached hydrogen (secondary N) is 2. The number of fused-ring (bicyclic) bond motifs is 9. The fraction of sp³-hybridized carbons (Fsp3) is 0. The van der Waals surface area contributed by atoms with Crippen LogP contribution in [0.3, 0.4) is 0 Å². The van der Waals surface area contributed by atoms with E-state index in [4.69, 9.17) is 0 Å². The van der Waals surface area contributed by atoms with Gasteiger partial charge in [0, 0.05) is 41.7 Å². The van der Waals surface area contributed by atoms with Crippen LogP contribution < -0.4 is 32.3 Å². The summed E-state index contributed by atoms with van der Waals surface area (Å²) in [4.78, 5) is 2.79. The zero-order chi connectivity index (χ0) is 23.6. The first-order chi connectivity index (χ1) is 17.9. The second-order valence-corrected chi connectivity index (χ2v) is 11.5. The SMILES string of the molecule is c1ccc(B2Nc3ccccc3-c3sc4c5c(sc4c32)-c2ccccc2NB5c2ccccc2)cc1. The predicted octanol–water partition coefficient (Wildman–Crippen LogP) is 5.36. The molecule has 0 saturated carbocycles. The summed E-state index contributed by atoms with van der Waals surface area (Å²) in [5, 5.41) is 7.78. The highest BCUT2D eigenvalue weighted by atomic mass is 32.1. The van der Waals surface area contributed by atoms with E-state index in [1.54, 1.807) is 0 Å². The van der Waals surface area contributed by atoms with Crippen molar-refractivity contribution in [2.45, 2.75) is 0 Å². The van der Waals surface area contributed by atoms with Gasteiger partial charge < -0.3 is 10.5 Å². The second-order valence-electron chi connectivity index (χ2n) is 9.42. The lowest BCUT2D eigenvalue weighted by Gasteiger charge is -2.26. The minimum absolute atomic E-state index is 0.128. The molecule has 2 aliphatic rings. The van der Waals surface area contributed by atoms with Crippen molar-refractivity contribution in [3.8, 4) is 20.9 Å². The fourth-order valence-corrected chi connectivity index (χ4v) is 8.84. The number of thiophene rings is 2. The van der Waals surface area contributed by atoms with Crippen LogP contribution >= 0.6 is 22.7 Å². The molecule has 168 valence electrons. The minimum atomic E-state index is 0.128. The Morgan fingerprint density at radius 2 is 0.833 bits per heavy atom. The summed E-state index contributed by atoms with van der Waals surface area (Å²) in [6.07, 6.45) is 0. The molecular formula is C30H20B2N2S2. The molecular weight excluding hydrogens is 474 g/mol. The van der Waals surface area contributed by atoms with Crippen molar-refractivity contribution < 1.29 is 0 Å². The van der Waals surface area contributed by atoms with Gasteiger partial charge in [0.15, 0.2) is 0 Å². The van der Waals surface area contributed by atoms with Gasteiger partial charge in [-0.2, -0.15) is 0 Å². The normalized spacial score (nSPS) is 13.3. The van der Waals surface area contributed by atoms with Crippen molar-refractivity contribution in [3.05, 3.63) is 109 Å². The highest BCUT2D eigenvalue weighted by Crippen LogP contribution is 2.45. The Balaban J connectivity index is 1.45. The summed E-state index contributed by atoms with van der Waals surface area (Å²) < 4.78 is 2.82. The molecule has 0 saturated heterocycles. The number of benzene rings is 4. The Morgan fingerprint density at radius 1 is 0.444 bits per heavy atom. The molecule has 0 radical (unpaired) electrons. The molecule has 2 nitrogen and oxygen atoms in total. The number of anilines is 2. The fourth-order valence-electron chi connectivity index (χ4n) is 5.75. The van der Waals surface area contributed by atoms with Crippen LogP contribution in [0.5, 0.6) is 0 Å². The first kappa shape index (κ1) is 20.5. The van der Waals surface area contributed by atoms with E-state index in [1.165, 1.54) is 63.5 Å². The van der Waals surface area contributed by atoms with Crippen LogP contribution in [0.4, 0.5) is 11.4 Å². The lowest BCUT2D eigenvalue weighted by atomic mass is 9.47. The summed E-state index contributed by atoms with van der Waals surface area (Å²) in [6, 6.07) is 39.3. The van der Waals surface area contributed by atoms with Crippen molar-refractivity contribution in [3.63, 3.8) is 0 Å². The predicted molar refractivity (Wildman–Crippen MR) is 161 cm³/mol. The molecule has 0 atom stereocenters. The molecule has 8 rings (SSSR count).